The van der Waals surface area contributed by atoms with Gasteiger partial charge >= 0.3 is 0 Å². The summed E-state index contributed by atoms with van der Waals surface area (Å²) in [7, 11) is 4.01. The van der Waals surface area contributed by atoms with Gasteiger partial charge in [-0.2, -0.15) is 4.58 Å². The summed E-state index contributed by atoms with van der Waals surface area (Å²) in [4.78, 5) is 2.68. The molecule has 1 unspecified atom stereocenters. The van der Waals surface area contributed by atoms with Crippen LogP contribution in [0.1, 0.15) is 53.6 Å². The number of rotatable bonds is 14. The molecule has 0 spiro atoms. The molecule has 0 bridgehead atoms. The monoisotopic (exact) mass is 797 g/mol. The number of fused-ring (bicyclic) bond motifs is 4. The van der Waals surface area contributed by atoms with Crippen LogP contribution in [-0.4, -0.2) is 31.0 Å². The van der Waals surface area contributed by atoms with Gasteiger partial charge in [0.05, 0.1) is 12.5 Å². The molecule has 1 atom stereocenters. The van der Waals surface area contributed by atoms with Crippen molar-refractivity contribution >= 4 is 27.9 Å². The number of benzene rings is 7. The van der Waals surface area contributed by atoms with Crippen LogP contribution in [0.3, 0.4) is 0 Å². The molecule has 0 saturated heterocycles. The minimum absolute atomic E-state index is 0.328. The van der Waals surface area contributed by atoms with E-state index in [1.165, 1.54) is 66.9 Å². The van der Waals surface area contributed by atoms with Crippen molar-refractivity contribution in [3.8, 4) is 5.75 Å². The van der Waals surface area contributed by atoms with Gasteiger partial charge in [0.1, 0.15) is 12.8 Å². The molecular weight excluding hydrogens is 741 g/mol. The second-order valence-electron chi connectivity index (χ2n) is 17.6. The number of nitrogens with zero attached hydrogens (tertiary/aromatic N) is 2. The third kappa shape index (κ3) is 7.74. The van der Waals surface area contributed by atoms with Crippen LogP contribution in [0.5, 0.6) is 5.75 Å². The molecule has 7 aromatic rings. The zero-order valence-electron chi connectivity index (χ0n) is 36.1. The number of anilines is 1. The standard InChI is InChI=1S/C58H57N2O/c1-43(2)36-37-60-53-35-34-48-27-14-15-29-50(48)56(53)58(40-45-22-10-6-11-23-45,41-46-24-12-7-13-25-46)55(60)33-19-32-54-57(39-44-20-8-5-9-21-44,42-47-26-18-28-49(38-47)61-4)51-30-16-17-31-52(51)59(54)3/h5-35,38,43H,36-37,39-42H2,1-4H3/q+1. The van der Waals surface area contributed by atoms with Gasteiger partial charge in [0.15, 0.2) is 5.71 Å². The van der Waals surface area contributed by atoms with Crippen molar-refractivity contribution < 1.29 is 9.31 Å². The van der Waals surface area contributed by atoms with E-state index in [-0.39, 0.29) is 10.8 Å². The molecule has 304 valence electrons. The van der Waals surface area contributed by atoms with Crippen molar-refractivity contribution in [2.75, 3.05) is 25.6 Å². The van der Waals surface area contributed by atoms with Crippen molar-refractivity contribution in [3.05, 3.63) is 233 Å². The van der Waals surface area contributed by atoms with Gasteiger partial charge in [-0.3, -0.25) is 0 Å². The average molecular weight is 798 g/mol. The van der Waals surface area contributed by atoms with Gasteiger partial charge in [0.2, 0.25) is 5.69 Å². The summed E-state index contributed by atoms with van der Waals surface area (Å²) in [5, 5.41) is 2.63. The van der Waals surface area contributed by atoms with E-state index in [9.17, 15) is 0 Å². The SMILES string of the molecule is COc1cccc(CC2(Cc3ccccc3)C(/C=C/C=C3/N(CCC(C)C)c4ccc5ccccc5c4C3(Cc3ccccc3)Cc3ccccc3)=[N+](C)c3ccccc32)c1. The van der Waals surface area contributed by atoms with Crippen LogP contribution in [0.15, 0.2) is 200 Å². The summed E-state index contributed by atoms with van der Waals surface area (Å²) < 4.78 is 8.22. The lowest BCUT2D eigenvalue weighted by atomic mass is 9.68. The Labute approximate surface area is 363 Å². The van der Waals surface area contributed by atoms with Crippen LogP contribution in [-0.2, 0) is 36.5 Å². The summed E-state index contributed by atoms with van der Waals surface area (Å²) in [5.74, 6) is 1.45. The molecule has 0 fully saturated rings. The van der Waals surface area contributed by atoms with Gasteiger partial charge in [0.25, 0.3) is 0 Å². The molecule has 3 nitrogen and oxygen atoms in total. The molecule has 9 rings (SSSR count). The first-order valence-corrected chi connectivity index (χ1v) is 22.0. The van der Waals surface area contributed by atoms with Crippen LogP contribution in [0.25, 0.3) is 10.8 Å². The minimum atomic E-state index is -0.336. The smallest absolute Gasteiger partial charge is 0.209 e. The van der Waals surface area contributed by atoms with Crippen molar-refractivity contribution in [2.45, 2.75) is 56.8 Å². The fraction of sp³-hybridized carbons (Fsp3) is 0.224. The zero-order valence-corrected chi connectivity index (χ0v) is 36.1. The van der Waals surface area contributed by atoms with Crippen LogP contribution < -0.4 is 9.64 Å². The predicted octanol–water partition coefficient (Wildman–Crippen LogP) is 13.0. The maximum atomic E-state index is 5.77. The zero-order chi connectivity index (χ0) is 41.8. The van der Waals surface area contributed by atoms with Gasteiger partial charge in [-0.25, -0.2) is 0 Å². The first-order chi connectivity index (χ1) is 29.9. The lowest BCUT2D eigenvalue weighted by molar-refractivity contribution is -0.401. The Morgan fingerprint density at radius 1 is 0.607 bits per heavy atom. The predicted molar refractivity (Wildman–Crippen MR) is 256 cm³/mol. The van der Waals surface area contributed by atoms with Crippen molar-refractivity contribution in [3.63, 3.8) is 0 Å². The number of hydrogen-bond acceptors (Lipinski definition) is 2. The highest BCUT2D eigenvalue weighted by atomic mass is 16.5. The Kier molecular flexibility index (Phi) is 11.3. The third-order valence-corrected chi connectivity index (χ3v) is 13.2. The summed E-state index contributed by atoms with van der Waals surface area (Å²) >= 11 is 0. The summed E-state index contributed by atoms with van der Waals surface area (Å²) in [6.45, 7) is 5.64. The molecule has 3 heteroatoms. The van der Waals surface area contributed by atoms with E-state index in [2.05, 4.69) is 218 Å². The highest BCUT2D eigenvalue weighted by Gasteiger charge is 2.51. The Balaban J connectivity index is 1.27. The largest absolute Gasteiger partial charge is 0.497 e. The fourth-order valence-corrected chi connectivity index (χ4v) is 10.5. The normalized spacial score (nSPS) is 17.5. The van der Waals surface area contributed by atoms with E-state index in [0.29, 0.717) is 5.92 Å². The van der Waals surface area contributed by atoms with Crippen LogP contribution in [0.2, 0.25) is 0 Å². The Hall–Kier alpha value is -6.45. The lowest BCUT2D eigenvalue weighted by Gasteiger charge is -2.35. The van der Waals surface area contributed by atoms with Gasteiger partial charge in [-0.1, -0.05) is 172 Å². The Bertz CT molecular complexity index is 2690. The van der Waals surface area contributed by atoms with Crippen molar-refractivity contribution in [1.82, 2.24) is 0 Å². The first kappa shape index (κ1) is 40.0. The number of hydrogen-bond donors (Lipinski definition) is 0. The van der Waals surface area contributed by atoms with E-state index in [1.807, 2.05) is 6.07 Å². The molecule has 0 aliphatic carbocycles. The van der Waals surface area contributed by atoms with E-state index in [0.717, 1.165) is 44.4 Å². The van der Waals surface area contributed by atoms with Crippen LogP contribution >= 0.6 is 0 Å². The van der Waals surface area contributed by atoms with Crippen molar-refractivity contribution in [2.24, 2.45) is 5.92 Å². The molecule has 0 saturated carbocycles. The lowest BCUT2D eigenvalue weighted by Crippen LogP contribution is -2.39. The molecule has 0 radical (unpaired) electrons. The maximum Gasteiger partial charge on any atom is 0.209 e. The molecule has 2 aliphatic rings. The number of ether oxygens (including phenoxy) is 1. The third-order valence-electron chi connectivity index (χ3n) is 13.2. The van der Waals surface area contributed by atoms with Gasteiger partial charge < -0.3 is 9.64 Å². The molecule has 0 N–H and O–H groups in total. The quantitative estimate of drug-likeness (QED) is 0.102. The molecule has 2 aliphatic heterocycles. The van der Waals surface area contributed by atoms with Crippen LogP contribution in [0.4, 0.5) is 11.4 Å². The van der Waals surface area contributed by atoms with E-state index in [1.54, 1.807) is 7.11 Å². The molecule has 2 heterocycles. The summed E-state index contributed by atoms with van der Waals surface area (Å²) in [6, 6.07) is 64.8. The number of para-hydroxylation sites is 1. The number of methoxy groups -OCH3 is 1. The average Bonchev–Trinajstić information content (AvgIpc) is 3.67. The van der Waals surface area contributed by atoms with Crippen molar-refractivity contribution in [1.29, 1.82) is 0 Å². The second kappa shape index (κ2) is 17.3. The molecule has 61 heavy (non-hydrogen) atoms. The maximum absolute atomic E-state index is 5.77. The minimum Gasteiger partial charge on any atom is -0.497 e. The van der Waals surface area contributed by atoms with Gasteiger partial charge in [-0.05, 0) is 101 Å². The number of allylic oxidation sites excluding steroid dienone is 4. The Morgan fingerprint density at radius 3 is 1.84 bits per heavy atom. The van der Waals surface area contributed by atoms with Gasteiger partial charge in [0, 0.05) is 41.1 Å². The van der Waals surface area contributed by atoms with Crippen LogP contribution in [0, 0.1) is 5.92 Å². The van der Waals surface area contributed by atoms with E-state index < -0.39 is 0 Å². The fourth-order valence-electron chi connectivity index (χ4n) is 10.5. The van der Waals surface area contributed by atoms with E-state index in [4.69, 9.17) is 4.74 Å². The topological polar surface area (TPSA) is 15.5 Å². The molecule has 0 amide bonds. The summed E-state index contributed by atoms with van der Waals surface area (Å²) in [6.07, 6.45) is 11.9. The highest BCUT2D eigenvalue weighted by Crippen LogP contribution is 2.55. The second-order valence-corrected chi connectivity index (χ2v) is 17.6. The first-order valence-electron chi connectivity index (χ1n) is 22.0. The Morgan fingerprint density at radius 2 is 1.18 bits per heavy atom. The molecule has 7 aromatic carbocycles. The highest BCUT2D eigenvalue weighted by molar-refractivity contribution is 6.04. The molecular formula is C58H57N2O+. The molecule has 0 aromatic heterocycles. The summed E-state index contributed by atoms with van der Waals surface area (Å²) in [5.41, 5.74) is 12.7. The van der Waals surface area contributed by atoms with E-state index >= 15 is 0 Å². The van der Waals surface area contributed by atoms with Gasteiger partial charge in [-0.15, -0.1) is 0 Å².